The zero-order chi connectivity index (χ0) is 22.1. The Labute approximate surface area is 196 Å². The number of hydrogen-bond donors (Lipinski definition) is 1. The molecule has 2 fully saturated rings. The Bertz CT molecular complexity index is 1170. The molecule has 3 aromatic rings. The number of nitrogens with zero attached hydrogens (tertiary/aromatic N) is 4. The first-order valence-corrected chi connectivity index (χ1v) is 12.2. The van der Waals surface area contributed by atoms with Crippen molar-refractivity contribution >= 4 is 51.6 Å². The molecule has 2 aliphatic rings. The first-order valence-electron chi connectivity index (χ1n) is 11.0. The van der Waals surface area contributed by atoms with E-state index in [1.807, 2.05) is 35.2 Å². The average Bonchev–Trinajstić information content (AvgIpc) is 3.43. The highest BCUT2D eigenvalue weighted by Crippen LogP contribution is 2.39. The monoisotopic (exact) mass is 467 g/mol. The molecule has 1 spiro atoms. The molecule has 1 amide bonds. The number of nitrogen functional groups attached to an aromatic ring is 1. The minimum atomic E-state index is -0.376. The summed E-state index contributed by atoms with van der Waals surface area (Å²) >= 11 is 7.61. The van der Waals surface area contributed by atoms with Crippen molar-refractivity contribution in [2.75, 3.05) is 25.4 Å². The van der Waals surface area contributed by atoms with Gasteiger partial charge in [-0.3, -0.25) is 9.69 Å². The van der Waals surface area contributed by atoms with Gasteiger partial charge >= 0.3 is 0 Å². The van der Waals surface area contributed by atoms with Crippen molar-refractivity contribution in [1.82, 2.24) is 19.8 Å². The molecule has 2 aromatic heterocycles. The van der Waals surface area contributed by atoms with E-state index in [0.29, 0.717) is 12.4 Å². The van der Waals surface area contributed by atoms with Gasteiger partial charge in [-0.15, -0.1) is 11.3 Å². The van der Waals surface area contributed by atoms with Gasteiger partial charge in [0, 0.05) is 36.4 Å². The molecule has 0 bridgehead atoms. The van der Waals surface area contributed by atoms with Crippen molar-refractivity contribution in [1.29, 1.82) is 0 Å². The van der Waals surface area contributed by atoms with E-state index < -0.39 is 0 Å². The minimum Gasteiger partial charge on any atom is -0.383 e. The van der Waals surface area contributed by atoms with Crippen molar-refractivity contribution in [3.8, 4) is 0 Å². The van der Waals surface area contributed by atoms with Gasteiger partial charge in [-0.05, 0) is 48.7 Å². The second-order valence-corrected chi connectivity index (χ2v) is 10.3. The van der Waals surface area contributed by atoms with Gasteiger partial charge < -0.3 is 10.6 Å². The number of carbonyl (C=O) groups excluding carboxylic acids is 1. The van der Waals surface area contributed by atoms with E-state index in [0.717, 1.165) is 71.0 Å². The summed E-state index contributed by atoms with van der Waals surface area (Å²) in [6.45, 7) is 2.98. The molecule has 166 valence electrons. The summed E-state index contributed by atoms with van der Waals surface area (Å²) in [5.74, 6) is 0.741. The van der Waals surface area contributed by atoms with Crippen LogP contribution in [0.1, 0.15) is 36.1 Å². The zero-order valence-electron chi connectivity index (χ0n) is 17.8. The summed E-state index contributed by atoms with van der Waals surface area (Å²) in [5.41, 5.74) is 7.46. The largest absolute Gasteiger partial charge is 0.383 e. The lowest BCUT2D eigenvalue weighted by molar-refractivity contribution is -0.151. The topological polar surface area (TPSA) is 75.3 Å². The number of halogens is 1. The van der Waals surface area contributed by atoms with E-state index in [4.69, 9.17) is 17.3 Å². The first-order chi connectivity index (χ1) is 15.5. The van der Waals surface area contributed by atoms with Crippen LogP contribution in [0.25, 0.3) is 17.0 Å². The van der Waals surface area contributed by atoms with Crippen molar-refractivity contribution < 1.29 is 4.79 Å². The standard InChI is InChI=1S/C24H26ClN5OS/c25-21-8-6-18(32-21)4-3-11-30-13-12-29(23(31)24(30)9-1-2-10-24)15-17-5-7-19-20(14-17)27-16-28-22(19)26/h3-8,14,16H,1-2,9-13,15H2,(H2,26,27,28). The first kappa shape index (κ1) is 21.4. The summed E-state index contributed by atoms with van der Waals surface area (Å²) in [6, 6.07) is 9.94. The fraction of sp³-hybridized carbons (Fsp3) is 0.375. The molecule has 1 aromatic carbocycles. The van der Waals surface area contributed by atoms with Crippen molar-refractivity contribution in [2.45, 2.75) is 37.8 Å². The highest BCUT2D eigenvalue weighted by molar-refractivity contribution is 7.16. The highest BCUT2D eigenvalue weighted by atomic mass is 35.5. The van der Waals surface area contributed by atoms with E-state index in [1.165, 1.54) is 6.33 Å². The molecule has 3 heterocycles. The van der Waals surface area contributed by atoms with Crippen LogP contribution >= 0.6 is 22.9 Å². The van der Waals surface area contributed by atoms with Crippen LogP contribution in [-0.4, -0.2) is 50.8 Å². The Morgan fingerprint density at radius 3 is 2.78 bits per heavy atom. The highest BCUT2D eigenvalue weighted by Gasteiger charge is 2.50. The Hall–Kier alpha value is -2.48. The van der Waals surface area contributed by atoms with Crippen LogP contribution in [0.2, 0.25) is 4.34 Å². The van der Waals surface area contributed by atoms with Crippen molar-refractivity contribution in [3.05, 3.63) is 57.5 Å². The summed E-state index contributed by atoms with van der Waals surface area (Å²) in [5, 5.41) is 0.846. The SMILES string of the molecule is Nc1ncnc2cc(CN3CCN(CC=Cc4ccc(Cl)s4)C4(CCCC4)C3=O)ccc12. The Morgan fingerprint density at radius 2 is 2.00 bits per heavy atom. The number of carbonyl (C=O) groups is 1. The van der Waals surface area contributed by atoms with Gasteiger partial charge in [0.2, 0.25) is 5.91 Å². The lowest BCUT2D eigenvalue weighted by Gasteiger charge is -2.47. The molecule has 1 aliphatic carbocycles. The molecule has 32 heavy (non-hydrogen) atoms. The molecular weight excluding hydrogens is 442 g/mol. The van der Waals surface area contributed by atoms with Gasteiger partial charge in [0.1, 0.15) is 17.7 Å². The van der Waals surface area contributed by atoms with E-state index in [1.54, 1.807) is 11.3 Å². The molecule has 2 N–H and O–H groups in total. The molecule has 0 unspecified atom stereocenters. The van der Waals surface area contributed by atoms with E-state index >= 15 is 0 Å². The number of nitrogens with two attached hydrogens (primary N) is 1. The van der Waals surface area contributed by atoms with Crippen LogP contribution < -0.4 is 5.73 Å². The number of thiophene rings is 1. The maximum absolute atomic E-state index is 13.7. The summed E-state index contributed by atoms with van der Waals surface area (Å²) in [4.78, 5) is 27.7. The number of amides is 1. The molecule has 1 saturated heterocycles. The lowest BCUT2D eigenvalue weighted by Crippen LogP contribution is -2.64. The quantitative estimate of drug-likeness (QED) is 0.593. The Balaban J connectivity index is 1.32. The second kappa shape index (κ2) is 8.81. The minimum absolute atomic E-state index is 0.260. The van der Waals surface area contributed by atoms with E-state index in [2.05, 4.69) is 27.0 Å². The molecule has 1 saturated carbocycles. The zero-order valence-corrected chi connectivity index (χ0v) is 19.4. The van der Waals surface area contributed by atoms with Gasteiger partial charge in [-0.25, -0.2) is 9.97 Å². The Morgan fingerprint density at radius 1 is 1.16 bits per heavy atom. The number of fused-ring (bicyclic) bond motifs is 1. The molecule has 1 aliphatic heterocycles. The van der Waals surface area contributed by atoms with Crippen LogP contribution in [0.5, 0.6) is 0 Å². The molecule has 6 nitrogen and oxygen atoms in total. The molecule has 5 rings (SSSR count). The van der Waals surface area contributed by atoms with Crippen LogP contribution in [-0.2, 0) is 11.3 Å². The van der Waals surface area contributed by atoms with Crippen LogP contribution in [0.4, 0.5) is 5.82 Å². The maximum Gasteiger partial charge on any atom is 0.243 e. The van der Waals surface area contributed by atoms with Crippen LogP contribution in [0.3, 0.4) is 0 Å². The van der Waals surface area contributed by atoms with Crippen LogP contribution in [0.15, 0.2) is 42.7 Å². The fourth-order valence-corrected chi connectivity index (χ4v) is 6.04. The number of hydrogen-bond acceptors (Lipinski definition) is 6. The normalized spacial score (nSPS) is 19.0. The predicted molar refractivity (Wildman–Crippen MR) is 131 cm³/mol. The van der Waals surface area contributed by atoms with Crippen LogP contribution in [0, 0.1) is 0 Å². The van der Waals surface area contributed by atoms with E-state index in [9.17, 15) is 4.79 Å². The number of rotatable bonds is 5. The van der Waals surface area contributed by atoms with Gasteiger partial charge in [0.25, 0.3) is 0 Å². The average molecular weight is 468 g/mol. The molecule has 0 atom stereocenters. The van der Waals surface area contributed by atoms with Gasteiger partial charge in [-0.2, -0.15) is 0 Å². The summed E-state index contributed by atoms with van der Waals surface area (Å²) in [7, 11) is 0. The summed E-state index contributed by atoms with van der Waals surface area (Å²) in [6.07, 6.45) is 9.83. The molecular formula is C24H26ClN5OS. The molecule has 0 radical (unpaired) electrons. The number of benzene rings is 1. The van der Waals surface area contributed by atoms with Crippen molar-refractivity contribution in [2.24, 2.45) is 0 Å². The fourth-order valence-electron chi connectivity index (χ4n) is 5.05. The van der Waals surface area contributed by atoms with Gasteiger partial charge in [-0.1, -0.05) is 36.6 Å². The number of aromatic nitrogens is 2. The number of anilines is 1. The second-order valence-electron chi connectivity index (χ2n) is 8.57. The maximum atomic E-state index is 13.7. The van der Waals surface area contributed by atoms with E-state index in [-0.39, 0.29) is 11.4 Å². The predicted octanol–water partition coefficient (Wildman–Crippen LogP) is 4.60. The smallest absolute Gasteiger partial charge is 0.243 e. The lowest BCUT2D eigenvalue weighted by atomic mass is 9.90. The third kappa shape index (κ3) is 4.00. The van der Waals surface area contributed by atoms with Gasteiger partial charge in [0.15, 0.2) is 0 Å². The molecule has 8 heteroatoms. The number of piperazine rings is 1. The third-order valence-corrected chi connectivity index (χ3v) is 7.86. The van der Waals surface area contributed by atoms with Crippen molar-refractivity contribution in [3.63, 3.8) is 0 Å². The third-order valence-electron chi connectivity index (χ3n) is 6.67. The summed E-state index contributed by atoms with van der Waals surface area (Å²) < 4.78 is 0.795. The Kier molecular flexibility index (Phi) is 5.88. The van der Waals surface area contributed by atoms with Gasteiger partial charge in [0.05, 0.1) is 9.85 Å².